The number of esters is 2. The Morgan fingerprint density at radius 1 is 0.404 bits per heavy atom. The third-order valence-corrected chi connectivity index (χ3v) is 9.62. The molecular weight excluding hydrogens is 800 g/mol. The zero-order chi connectivity index (χ0) is 38.5. The minimum atomic E-state index is -0.689. The van der Waals surface area contributed by atoms with E-state index in [-0.39, 0.29) is 33.8 Å². The highest BCUT2D eigenvalue weighted by atomic mass is 79.9. The molecule has 0 radical (unpaired) electrons. The second kappa shape index (κ2) is 25.2. The summed E-state index contributed by atoms with van der Waals surface area (Å²) < 4.78 is 50.5. The Labute approximate surface area is 328 Å². The fourth-order valence-corrected chi connectivity index (χ4v) is 6.39. The molecular formula is C40H60Br2O10. The number of carbonyl (C=O) groups excluding carboxylic acids is 2. The summed E-state index contributed by atoms with van der Waals surface area (Å²) in [4.78, 5) is 28.2. The Morgan fingerprint density at radius 3 is 0.865 bits per heavy atom. The van der Waals surface area contributed by atoms with Crippen molar-refractivity contribution < 1.29 is 47.5 Å². The van der Waals surface area contributed by atoms with Gasteiger partial charge in [-0.05, 0) is 70.4 Å². The zero-order valence-electron chi connectivity index (χ0n) is 32.6. The number of hydrogen-bond donors (Lipinski definition) is 0. The fraction of sp³-hybridized carbons (Fsp3) is 0.650. The SMILES string of the molecule is CCCCOc1c(Br)c(C(=O)OC)c(-c2c(OCCCC)c(OCCCC)c(OCCCC)c(Br)c2C(=O)OC)c(OCCCC)c1OCCCC. The van der Waals surface area contributed by atoms with Crippen molar-refractivity contribution in [3.8, 4) is 45.6 Å². The van der Waals surface area contributed by atoms with E-state index in [2.05, 4.69) is 73.4 Å². The van der Waals surface area contributed by atoms with Gasteiger partial charge >= 0.3 is 11.9 Å². The average molecular weight is 861 g/mol. The minimum absolute atomic E-state index is 0.0693. The zero-order valence-corrected chi connectivity index (χ0v) is 35.7. The van der Waals surface area contributed by atoms with Crippen LogP contribution in [0.15, 0.2) is 8.95 Å². The number of hydrogen-bond acceptors (Lipinski definition) is 10. The molecule has 0 N–H and O–H groups in total. The summed E-state index contributed by atoms with van der Waals surface area (Å²) in [6, 6.07) is 0. The summed E-state index contributed by atoms with van der Waals surface area (Å²) >= 11 is 7.45. The van der Waals surface area contributed by atoms with Gasteiger partial charge in [-0.15, -0.1) is 0 Å². The molecule has 0 saturated carbocycles. The van der Waals surface area contributed by atoms with Crippen LogP contribution in [0.3, 0.4) is 0 Å². The lowest BCUT2D eigenvalue weighted by Gasteiger charge is -2.28. The van der Waals surface area contributed by atoms with E-state index in [4.69, 9.17) is 37.9 Å². The maximum atomic E-state index is 14.1. The van der Waals surface area contributed by atoms with Gasteiger partial charge in [0.1, 0.15) is 0 Å². The Balaban J connectivity index is 3.42. The summed E-state index contributed by atoms with van der Waals surface area (Å²) in [6.07, 6.45) is 9.77. The molecule has 0 fully saturated rings. The van der Waals surface area contributed by atoms with Crippen molar-refractivity contribution >= 4 is 43.8 Å². The second-order valence-corrected chi connectivity index (χ2v) is 13.9. The fourth-order valence-electron chi connectivity index (χ4n) is 5.08. The van der Waals surface area contributed by atoms with Gasteiger partial charge in [0.05, 0.1) is 73.9 Å². The van der Waals surface area contributed by atoms with E-state index in [1.165, 1.54) is 14.2 Å². The number of unbranched alkanes of at least 4 members (excludes halogenated alkanes) is 6. The van der Waals surface area contributed by atoms with Crippen molar-refractivity contribution in [2.75, 3.05) is 53.9 Å². The van der Waals surface area contributed by atoms with E-state index in [1.807, 2.05) is 0 Å². The van der Waals surface area contributed by atoms with Gasteiger partial charge in [-0.3, -0.25) is 0 Å². The van der Waals surface area contributed by atoms with Crippen molar-refractivity contribution in [3.63, 3.8) is 0 Å². The second-order valence-electron chi connectivity index (χ2n) is 12.3. The lowest BCUT2D eigenvalue weighted by molar-refractivity contribution is 0.0587. The van der Waals surface area contributed by atoms with Gasteiger partial charge in [0.15, 0.2) is 23.0 Å². The third kappa shape index (κ3) is 12.1. The predicted molar refractivity (Wildman–Crippen MR) is 212 cm³/mol. The Bertz CT molecular complexity index is 1310. The standard InChI is InChI=1S/C40H60Br2O10/c1-9-15-21-47-33-27(29(39(43)45-7)31(41)35(49-23-17-11-3)37(33)51-25-19-13-5)28-30(40(44)46-8)32(42)36(50-24-18-12-4)38(52-26-20-14-6)34(28)48-22-16-10-2/h9-26H2,1-8H3. The van der Waals surface area contributed by atoms with Gasteiger partial charge in [-0.2, -0.15) is 0 Å². The van der Waals surface area contributed by atoms with E-state index in [1.54, 1.807) is 0 Å². The Morgan fingerprint density at radius 2 is 0.635 bits per heavy atom. The van der Waals surface area contributed by atoms with Gasteiger partial charge in [0.25, 0.3) is 0 Å². The first-order valence-corrected chi connectivity index (χ1v) is 20.5. The highest BCUT2D eigenvalue weighted by Gasteiger charge is 2.39. The topological polar surface area (TPSA) is 108 Å². The molecule has 2 aromatic carbocycles. The number of ether oxygens (including phenoxy) is 8. The summed E-state index contributed by atoms with van der Waals surface area (Å²) in [7, 11) is 2.61. The summed E-state index contributed by atoms with van der Waals surface area (Å²) in [5, 5.41) is 0. The lowest BCUT2D eigenvalue weighted by Crippen LogP contribution is -2.17. The van der Waals surface area contributed by atoms with E-state index in [0.717, 1.165) is 64.2 Å². The van der Waals surface area contributed by atoms with Crippen LogP contribution < -0.4 is 28.4 Å². The highest BCUT2D eigenvalue weighted by molar-refractivity contribution is 9.11. The van der Waals surface area contributed by atoms with Crippen LogP contribution >= 0.6 is 31.9 Å². The molecule has 294 valence electrons. The summed E-state index contributed by atoms with van der Waals surface area (Å²) in [5.41, 5.74) is 0.578. The maximum Gasteiger partial charge on any atom is 0.339 e. The van der Waals surface area contributed by atoms with Crippen LogP contribution in [0, 0.1) is 0 Å². The molecule has 0 aliphatic rings. The molecule has 2 aromatic rings. The average Bonchev–Trinajstić information content (AvgIpc) is 3.14. The molecule has 0 aliphatic heterocycles. The minimum Gasteiger partial charge on any atom is -0.489 e. The van der Waals surface area contributed by atoms with Crippen LogP contribution in [0.1, 0.15) is 139 Å². The normalized spacial score (nSPS) is 10.9. The first-order chi connectivity index (χ1) is 25.2. The predicted octanol–water partition coefficient (Wildman–Crippen LogP) is 11.5. The molecule has 0 unspecified atom stereocenters. The molecule has 0 aliphatic carbocycles. The van der Waals surface area contributed by atoms with Gasteiger partial charge in [0, 0.05) is 11.1 Å². The molecule has 10 nitrogen and oxygen atoms in total. The van der Waals surface area contributed by atoms with Crippen LogP contribution in [-0.4, -0.2) is 65.8 Å². The molecule has 0 heterocycles. The third-order valence-electron chi connectivity index (χ3n) is 8.11. The van der Waals surface area contributed by atoms with Crippen molar-refractivity contribution in [3.05, 3.63) is 20.1 Å². The number of carbonyl (C=O) groups is 2. The van der Waals surface area contributed by atoms with Gasteiger partial charge in [-0.1, -0.05) is 80.1 Å². The maximum absolute atomic E-state index is 14.1. The van der Waals surface area contributed by atoms with E-state index in [9.17, 15) is 9.59 Å². The van der Waals surface area contributed by atoms with Crippen molar-refractivity contribution in [2.45, 2.75) is 119 Å². The van der Waals surface area contributed by atoms with Crippen LogP contribution in [0.4, 0.5) is 0 Å². The van der Waals surface area contributed by atoms with E-state index < -0.39 is 11.9 Å². The van der Waals surface area contributed by atoms with Crippen LogP contribution in [0.2, 0.25) is 0 Å². The quantitative estimate of drug-likeness (QED) is 0.0636. The Hall–Kier alpha value is -2.86. The molecule has 0 saturated heterocycles. The van der Waals surface area contributed by atoms with Crippen molar-refractivity contribution in [2.24, 2.45) is 0 Å². The number of benzene rings is 2. The molecule has 12 heteroatoms. The molecule has 2 rings (SSSR count). The van der Waals surface area contributed by atoms with Crippen LogP contribution in [-0.2, 0) is 9.47 Å². The summed E-state index contributed by atoms with van der Waals surface area (Å²) in [6.45, 7) is 14.5. The van der Waals surface area contributed by atoms with Crippen LogP contribution in [0.25, 0.3) is 11.1 Å². The van der Waals surface area contributed by atoms with Crippen molar-refractivity contribution in [1.29, 1.82) is 0 Å². The molecule has 0 bridgehead atoms. The number of halogens is 2. The first kappa shape index (κ1) is 45.3. The van der Waals surface area contributed by atoms with Gasteiger partial charge in [0.2, 0.25) is 11.5 Å². The van der Waals surface area contributed by atoms with Gasteiger partial charge < -0.3 is 37.9 Å². The highest BCUT2D eigenvalue weighted by Crippen LogP contribution is 2.59. The first-order valence-electron chi connectivity index (χ1n) is 19.0. The molecule has 0 spiro atoms. The van der Waals surface area contributed by atoms with Crippen molar-refractivity contribution in [1.82, 2.24) is 0 Å². The Kier molecular flexibility index (Phi) is 22.0. The lowest BCUT2D eigenvalue weighted by atomic mass is 9.91. The largest absolute Gasteiger partial charge is 0.489 e. The molecule has 0 aromatic heterocycles. The summed E-state index contributed by atoms with van der Waals surface area (Å²) in [5.74, 6) is 0.290. The van der Waals surface area contributed by atoms with E-state index in [0.29, 0.717) is 84.4 Å². The van der Waals surface area contributed by atoms with Crippen LogP contribution in [0.5, 0.6) is 34.5 Å². The molecule has 0 amide bonds. The van der Waals surface area contributed by atoms with Gasteiger partial charge in [-0.25, -0.2) is 9.59 Å². The smallest absolute Gasteiger partial charge is 0.339 e. The number of rotatable bonds is 27. The molecule has 52 heavy (non-hydrogen) atoms. The van der Waals surface area contributed by atoms with E-state index >= 15 is 0 Å². The number of methoxy groups -OCH3 is 2. The monoisotopic (exact) mass is 858 g/mol. The molecule has 0 atom stereocenters.